The fourth-order valence-corrected chi connectivity index (χ4v) is 4.53. The summed E-state index contributed by atoms with van der Waals surface area (Å²) < 4.78 is 5.45. The monoisotopic (exact) mass is 340 g/mol. The lowest BCUT2D eigenvalue weighted by Gasteiger charge is -2.34. The molecule has 2 aliphatic rings. The van der Waals surface area contributed by atoms with Gasteiger partial charge in [-0.05, 0) is 43.2 Å². The van der Waals surface area contributed by atoms with Crippen molar-refractivity contribution in [1.82, 2.24) is 4.90 Å². The lowest BCUT2D eigenvalue weighted by atomic mass is 10.1. The number of morpholine rings is 1. The molecule has 2 aromatic carbocycles. The normalized spacial score (nSPS) is 17.5. The smallest absolute Gasteiger partial charge is 0.0594 e. The van der Waals surface area contributed by atoms with Gasteiger partial charge in [0.25, 0.3) is 0 Å². The van der Waals surface area contributed by atoms with Gasteiger partial charge in [0.1, 0.15) is 0 Å². The largest absolute Gasteiger partial charge is 0.379 e. The first-order chi connectivity index (χ1) is 11.8. The Morgan fingerprint density at radius 3 is 2.62 bits per heavy atom. The Morgan fingerprint density at radius 2 is 1.75 bits per heavy atom. The maximum atomic E-state index is 5.45. The highest BCUT2D eigenvalue weighted by Gasteiger charge is 2.23. The van der Waals surface area contributed by atoms with Crippen LogP contribution in [0, 0.1) is 6.92 Å². The van der Waals surface area contributed by atoms with Crippen LogP contribution in [0.1, 0.15) is 12.0 Å². The van der Waals surface area contributed by atoms with E-state index in [1.165, 1.54) is 33.2 Å². The van der Waals surface area contributed by atoms with Crippen LogP contribution >= 0.6 is 11.8 Å². The van der Waals surface area contributed by atoms with Crippen LogP contribution in [0.5, 0.6) is 0 Å². The molecule has 0 radical (unpaired) electrons. The third-order valence-electron chi connectivity index (χ3n) is 4.74. The Kier molecular flexibility index (Phi) is 4.79. The van der Waals surface area contributed by atoms with Crippen molar-refractivity contribution in [2.45, 2.75) is 23.1 Å². The van der Waals surface area contributed by atoms with E-state index in [1.807, 2.05) is 11.8 Å². The van der Waals surface area contributed by atoms with Gasteiger partial charge < -0.3 is 9.64 Å². The molecule has 3 nitrogen and oxygen atoms in total. The fraction of sp³-hybridized carbons (Fsp3) is 0.400. The number of fused-ring (bicyclic) bond motifs is 2. The second-order valence-electron chi connectivity index (χ2n) is 6.50. The minimum atomic E-state index is 0.880. The Hall–Kier alpha value is -1.49. The van der Waals surface area contributed by atoms with Crippen molar-refractivity contribution in [2.75, 3.05) is 44.3 Å². The molecule has 2 heterocycles. The van der Waals surface area contributed by atoms with E-state index in [2.05, 4.69) is 59.2 Å². The van der Waals surface area contributed by atoms with Crippen molar-refractivity contribution in [3.63, 3.8) is 0 Å². The lowest BCUT2D eigenvalue weighted by Crippen LogP contribution is -2.38. The minimum Gasteiger partial charge on any atom is -0.379 e. The minimum absolute atomic E-state index is 0.880. The molecule has 0 aromatic heterocycles. The van der Waals surface area contributed by atoms with E-state index < -0.39 is 0 Å². The number of benzene rings is 2. The second kappa shape index (κ2) is 7.18. The first-order valence-corrected chi connectivity index (χ1v) is 9.58. The van der Waals surface area contributed by atoms with E-state index in [4.69, 9.17) is 4.74 Å². The van der Waals surface area contributed by atoms with Gasteiger partial charge in [0, 0.05) is 36.0 Å². The number of hydrogen-bond donors (Lipinski definition) is 0. The molecular weight excluding hydrogens is 316 g/mol. The van der Waals surface area contributed by atoms with Gasteiger partial charge in [-0.15, -0.1) is 0 Å². The summed E-state index contributed by atoms with van der Waals surface area (Å²) in [5.74, 6) is 0. The molecule has 0 aliphatic carbocycles. The van der Waals surface area contributed by atoms with Gasteiger partial charge in [-0.25, -0.2) is 0 Å². The van der Waals surface area contributed by atoms with Crippen LogP contribution < -0.4 is 4.90 Å². The summed E-state index contributed by atoms with van der Waals surface area (Å²) in [7, 11) is 0. The van der Waals surface area contributed by atoms with E-state index in [-0.39, 0.29) is 0 Å². The van der Waals surface area contributed by atoms with Crippen molar-refractivity contribution in [3.8, 4) is 0 Å². The molecule has 2 aromatic rings. The lowest BCUT2D eigenvalue weighted by molar-refractivity contribution is 0.0377. The number of nitrogens with zero attached hydrogens (tertiary/aromatic N) is 2. The zero-order valence-corrected chi connectivity index (χ0v) is 15.0. The highest BCUT2D eigenvalue weighted by molar-refractivity contribution is 7.99. The van der Waals surface area contributed by atoms with Crippen LogP contribution in [-0.4, -0.2) is 44.3 Å². The first-order valence-electron chi connectivity index (χ1n) is 8.76. The van der Waals surface area contributed by atoms with Gasteiger partial charge in [-0.2, -0.15) is 0 Å². The van der Waals surface area contributed by atoms with Crippen LogP contribution in [0.3, 0.4) is 0 Å². The van der Waals surface area contributed by atoms with Crippen molar-refractivity contribution < 1.29 is 4.74 Å². The number of ether oxygens (including phenoxy) is 1. The molecule has 4 heteroatoms. The SMILES string of the molecule is Cc1ccc2c(c1)N(CCCN1CCOCC1)c1ccccc1S2. The molecule has 0 amide bonds. The Morgan fingerprint density at radius 1 is 0.958 bits per heavy atom. The summed E-state index contributed by atoms with van der Waals surface area (Å²) in [4.78, 5) is 7.76. The van der Waals surface area contributed by atoms with Crippen molar-refractivity contribution in [2.24, 2.45) is 0 Å². The molecule has 0 bridgehead atoms. The summed E-state index contributed by atoms with van der Waals surface area (Å²) in [6, 6.07) is 15.6. The van der Waals surface area contributed by atoms with Crippen molar-refractivity contribution in [1.29, 1.82) is 0 Å². The molecule has 0 spiro atoms. The van der Waals surface area contributed by atoms with E-state index in [1.54, 1.807) is 0 Å². The number of hydrogen-bond acceptors (Lipinski definition) is 4. The quantitative estimate of drug-likeness (QED) is 0.823. The van der Waals surface area contributed by atoms with Crippen molar-refractivity contribution >= 4 is 23.1 Å². The van der Waals surface area contributed by atoms with E-state index in [9.17, 15) is 0 Å². The Bertz CT molecular complexity index is 713. The molecule has 0 saturated carbocycles. The van der Waals surface area contributed by atoms with E-state index in [0.717, 1.165) is 39.4 Å². The number of rotatable bonds is 4. The summed E-state index contributed by atoms with van der Waals surface area (Å²) in [5.41, 5.74) is 4.04. The molecule has 1 fully saturated rings. The molecule has 0 unspecified atom stereocenters. The summed E-state index contributed by atoms with van der Waals surface area (Å²) in [5, 5.41) is 0. The Balaban J connectivity index is 1.53. The molecule has 0 N–H and O–H groups in total. The first kappa shape index (κ1) is 16.0. The third-order valence-corrected chi connectivity index (χ3v) is 5.87. The van der Waals surface area contributed by atoms with Gasteiger partial charge in [-0.3, -0.25) is 4.90 Å². The molecule has 24 heavy (non-hydrogen) atoms. The summed E-state index contributed by atoms with van der Waals surface area (Å²) >= 11 is 1.89. The number of aryl methyl sites for hydroxylation is 1. The zero-order chi connectivity index (χ0) is 16.4. The molecule has 126 valence electrons. The van der Waals surface area contributed by atoms with Gasteiger partial charge in [0.15, 0.2) is 0 Å². The van der Waals surface area contributed by atoms with E-state index in [0.29, 0.717) is 0 Å². The predicted octanol–water partition coefficient (Wildman–Crippen LogP) is 4.32. The van der Waals surface area contributed by atoms with Gasteiger partial charge in [-0.1, -0.05) is 30.0 Å². The zero-order valence-electron chi connectivity index (χ0n) is 14.2. The fourth-order valence-electron chi connectivity index (χ4n) is 3.46. The number of anilines is 2. The average Bonchev–Trinajstić information content (AvgIpc) is 2.62. The highest BCUT2D eigenvalue weighted by Crippen LogP contribution is 2.48. The van der Waals surface area contributed by atoms with E-state index >= 15 is 0 Å². The van der Waals surface area contributed by atoms with Crippen LogP contribution in [-0.2, 0) is 4.74 Å². The van der Waals surface area contributed by atoms with Crippen molar-refractivity contribution in [3.05, 3.63) is 48.0 Å². The molecule has 4 rings (SSSR count). The molecule has 2 aliphatic heterocycles. The van der Waals surface area contributed by atoms with Gasteiger partial charge >= 0.3 is 0 Å². The maximum Gasteiger partial charge on any atom is 0.0594 e. The van der Waals surface area contributed by atoms with Crippen LogP contribution in [0.4, 0.5) is 11.4 Å². The maximum absolute atomic E-state index is 5.45. The summed E-state index contributed by atoms with van der Waals surface area (Å²) in [6.45, 7) is 8.29. The van der Waals surface area contributed by atoms with Gasteiger partial charge in [0.05, 0.1) is 24.6 Å². The van der Waals surface area contributed by atoms with Gasteiger partial charge in [0.2, 0.25) is 0 Å². The summed E-state index contributed by atoms with van der Waals surface area (Å²) in [6.07, 6.45) is 1.17. The van der Waals surface area contributed by atoms with Crippen LogP contribution in [0.2, 0.25) is 0 Å². The van der Waals surface area contributed by atoms with Crippen LogP contribution in [0.25, 0.3) is 0 Å². The molecular formula is C20H24N2OS. The third kappa shape index (κ3) is 3.32. The highest BCUT2D eigenvalue weighted by atomic mass is 32.2. The number of para-hydroxylation sites is 1. The molecule has 0 atom stereocenters. The second-order valence-corrected chi connectivity index (χ2v) is 7.58. The van der Waals surface area contributed by atoms with Crippen LogP contribution in [0.15, 0.2) is 52.3 Å². The average molecular weight is 340 g/mol. The Labute approximate surface area is 148 Å². The predicted molar refractivity (Wildman–Crippen MR) is 101 cm³/mol. The topological polar surface area (TPSA) is 15.7 Å². The molecule has 1 saturated heterocycles. The standard InChI is InChI=1S/C20H24N2OS/c1-16-7-8-20-18(15-16)22(17-5-2-3-6-19(17)24-20)10-4-9-21-11-13-23-14-12-21/h2-3,5-8,15H,4,9-14H2,1H3.